The number of sulfone groups is 1. The molecule has 2 saturated heterocycles. The van der Waals surface area contributed by atoms with Gasteiger partial charge < -0.3 is 4.90 Å². The summed E-state index contributed by atoms with van der Waals surface area (Å²) in [5.41, 5.74) is 2.14. The van der Waals surface area contributed by atoms with E-state index in [4.69, 9.17) is 0 Å². The standard InChI is InChI=1S/C15H20N2O3S/c1-11-4-2-5-12(8-11)15-16-9-14(18)17(15)10-13-6-3-7-21(13,19)20/h2,4-5,8,13,15-16H,3,6-7,9-10H2,1H3. The van der Waals surface area contributed by atoms with Crippen LogP contribution in [0, 0.1) is 6.92 Å². The third kappa shape index (κ3) is 2.82. The molecule has 0 radical (unpaired) electrons. The van der Waals surface area contributed by atoms with Gasteiger partial charge in [0.2, 0.25) is 5.91 Å². The van der Waals surface area contributed by atoms with Gasteiger partial charge in [0.25, 0.3) is 0 Å². The first-order chi connectivity index (χ1) is 9.97. The van der Waals surface area contributed by atoms with E-state index < -0.39 is 15.1 Å². The average Bonchev–Trinajstić information content (AvgIpc) is 2.94. The number of nitrogens with zero attached hydrogens (tertiary/aromatic N) is 1. The van der Waals surface area contributed by atoms with Gasteiger partial charge in [-0.15, -0.1) is 0 Å². The van der Waals surface area contributed by atoms with Crippen LogP contribution < -0.4 is 5.32 Å². The number of carbonyl (C=O) groups excluding carboxylic acids is 1. The summed E-state index contributed by atoms with van der Waals surface area (Å²) in [6.45, 7) is 2.57. The largest absolute Gasteiger partial charge is 0.321 e. The number of amides is 1. The molecule has 3 rings (SSSR count). The van der Waals surface area contributed by atoms with Crippen molar-refractivity contribution in [3.8, 4) is 0 Å². The minimum atomic E-state index is -3.03. The van der Waals surface area contributed by atoms with Gasteiger partial charge in [-0.1, -0.05) is 29.8 Å². The fraction of sp³-hybridized carbons (Fsp3) is 0.533. The summed E-state index contributed by atoms with van der Waals surface area (Å²) < 4.78 is 24.0. The highest BCUT2D eigenvalue weighted by Gasteiger charge is 2.38. The molecular weight excluding hydrogens is 288 g/mol. The molecule has 2 fully saturated rings. The number of nitrogens with one attached hydrogen (secondary N) is 1. The summed E-state index contributed by atoms with van der Waals surface area (Å²) >= 11 is 0. The van der Waals surface area contributed by atoms with Crippen LogP contribution in [0.15, 0.2) is 24.3 Å². The molecule has 2 atom stereocenters. The molecule has 5 nitrogen and oxygen atoms in total. The van der Waals surface area contributed by atoms with Gasteiger partial charge in [-0.05, 0) is 25.3 Å². The highest BCUT2D eigenvalue weighted by Crippen LogP contribution is 2.27. The second kappa shape index (κ2) is 5.42. The van der Waals surface area contributed by atoms with E-state index in [1.807, 2.05) is 31.2 Å². The second-order valence-corrected chi connectivity index (χ2v) is 8.28. The van der Waals surface area contributed by atoms with Crippen molar-refractivity contribution in [2.75, 3.05) is 18.8 Å². The lowest BCUT2D eigenvalue weighted by Crippen LogP contribution is -2.38. The molecule has 1 aromatic carbocycles. The summed E-state index contributed by atoms with van der Waals surface area (Å²) in [4.78, 5) is 13.8. The van der Waals surface area contributed by atoms with Gasteiger partial charge in [0.05, 0.1) is 17.5 Å². The number of hydrogen-bond acceptors (Lipinski definition) is 4. The van der Waals surface area contributed by atoms with Gasteiger partial charge in [0.1, 0.15) is 6.17 Å². The van der Waals surface area contributed by atoms with Crippen molar-refractivity contribution in [3.05, 3.63) is 35.4 Å². The van der Waals surface area contributed by atoms with Crippen molar-refractivity contribution in [3.63, 3.8) is 0 Å². The molecule has 2 unspecified atom stereocenters. The molecule has 2 aliphatic rings. The predicted octanol–water partition coefficient (Wildman–Crippen LogP) is 1.00. The van der Waals surface area contributed by atoms with E-state index in [2.05, 4.69) is 5.32 Å². The lowest BCUT2D eigenvalue weighted by atomic mass is 10.1. The first-order valence-corrected chi connectivity index (χ1v) is 9.00. The number of rotatable bonds is 3. The zero-order valence-corrected chi connectivity index (χ0v) is 12.9. The quantitative estimate of drug-likeness (QED) is 0.905. The van der Waals surface area contributed by atoms with E-state index in [1.54, 1.807) is 4.90 Å². The number of hydrogen-bond donors (Lipinski definition) is 1. The van der Waals surface area contributed by atoms with Crippen LogP contribution >= 0.6 is 0 Å². The van der Waals surface area contributed by atoms with Crippen LogP contribution in [0.2, 0.25) is 0 Å². The number of carbonyl (C=O) groups is 1. The van der Waals surface area contributed by atoms with E-state index in [-0.39, 0.29) is 24.4 Å². The van der Waals surface area contributed by atoms with Gasteiger partial charge in [0.15, 0.2) is 9.84 Å². The highest BCUT2D eigenvalue weighted by atomic mass is 32.2. The Hall–Kier alpha value is -1.40. The van der Waals surface area contributed by atoms with Gasteiger partial charge in [-0.3, -0.25) is 10.1 Å². The first-order valence-electron chi connectivity index (χ1n) is 7.28. The monoisotopic (exact) mass is 308 g/mol. The summed E-state index contributed by atoms with van der Waals surface area (Å²) in [5.74, 6) is 0.228. The maximum atomic E-state index is 12.1. The number of benzene rings is 1. The molecule has 2 aliphatic heterocycles. The van der Waals surface area contributed by atoms with E-state index in [9.17, 15) is 13.2 Å². The van der Waals surface area contributed by atoms with Gasteiger partial charge >= 0.3 is 0 Å². The maximum absolute atomic E-state index is 12.1. The van der Waals surface area contributed by atoms with Crippen molar-refractivity contribution >= 4 is 15.7 Å². The topological polar surface area (TPSA) is 66.5 Å². The van der Waals surface area contributed by atoms with Crippen molar-refractivity contribution in [1.82, 2.24) is 10.2 Å². The molecule has 0 aromatic heterocycles. The Morgan fingerprint density at radius 2 is 2.19 bits per heavy atom. The van der Waals surface area contributed by atoms with E-state index >= 15 is 0 Å². The van der Waals surface area contributed by atoms with Gasteiger partial charge in [0, 0.05) is 6.54 Å². The maximum Gasteiger partial charge on any atom is 0.238 e. The molecule has 114 valence electrons. The summed E-state index contributed by atoms with van der Waals surface area (Å²) in [7, 11) is -3.03. The minimum absolute atomic E-state index is 0.0244. The van der Waals surface area contributed by atoms with E-state index in [0.717, 1.165) is 11.1 Å². The summed E-state index contributed by atoms with van der Waals surface area (Å²) in [6.07, 6.45) is 1.15. The van der Waals surface area contributed by atoms with E-state index in [0.29, 0.717) is 19.4 Å². The lowest BCUT2D eigenvalue weighted by Gasteiger charge is -2.27. The van der Waals surface area contributed by atoms with Gasteiger partial charge in [-0.2, -0.15) is 0 Å². The number of aryl methyl sites for hydroxylation is 1. The third-order valence-corrected chi connectivity index (χ3v) is 6.56. The second-order valence-electron chi connectivity index (χ2n) is 5.87. The molecule has 0 bridgehead atoms. The lowest BCUT2D eigenvalue weighted by molar-refractivity contribution is -0.128. The van der Waals surface area contributed by atoms with Crippen LogP contribution in [0.1, 0.15) is 30.1 Å². The van der Waals surface area contributed by atoms with Crippen LogP contribution in [0.5, 0.6) is 0 Å². The average molecular weight is 308 g/mol. The molecule has 0 aliphatic carbocycles. The molecule has 0 saturated carbocycles. The van der Waals surface area contributed by atoms with Crippen LogP contribution in [-0.4, -0.2) is 43.3 Å². The van der Waals surface area contributed by atoms with Gasteiger partial charge in [-0.25, -0.2) is 8.42 Å². The fourth-order valence-electron chi connectivity index (χ4n) is 3.17. The van der Waals surface area contributed by atoms with Crippen LogP contribution in [0.3, 0.4) is 0 Å². The Morgan fingerprint density at radius 3 is 2.86 bits per heavy atom. The van der Waals surface area contributed by atoms with Crippen LogP contribution in [0.25, 0.3) is 0 Å². The SMILES string of the molecule is Cc1cccc(C2NCC(=O)N2CC2CCCS2(=O)=O)c1. The van der Waals surface area contributed by atoms with Crippen molar-refractivity contribution in [2.45, 2.75) is 31.2 Å². The third-order valence-electron chi connectivity index (χ3n) is 4.30. The Labute approximate surface area is 125 Å². The molecular formula is C15H20N2O3S. The molecule has 0 spiro atoms. The Morgan fingerprint density at radius 1 is 1.38 bits per heavy atom. The van der Waals surface area contributed by atoms with E-state index in [1.165, 1.54) is 0 Å². The Bertz CT molecular complexity index is 657. The minimum Gasteiger partial charge on any atom is -0.321 e. The molecule has 1 aromatic rings. The molecule has 6 heteroatoms. The fourth-order valence-corrected chi connectivity index (χ4v) is 4.98. The van der Waals surface area contributed by atoms with Crippen LogP contribution in [-0.2, 0) is 14.6 Å². The predicted molar refractivity (Wildman–Crippen MR) is 80.4 cm³/mol. The molecule has 1 amide bonds. The first kappa shape index (κ1) is 14.5. The zero-order valence-electron chi connectivity index (χ0n) is 12.1. The zero-order chi connectivity index (χ0) is 15.0. The Kier molecular flexibility index (Phi) is 3.75. The molecule has 21 heavy (non-hydrogen) atoms. The normalized spacial score (nSPS) is 28.2. The van der Waals surface area contributed by atoms with Crippen molar-refractivity contribution in [1.29, 1.82) is 0 Å². The van der Waals surface area contributed by atoms with Crippen LogP contribution in [0.4, 0.5) is 0 Å². The smallest absolute Gasteiger partial charge is 0.238 e. The summed E-state index contributed by atoms with van der Waals surface area (Å²) in [6, 6.07) is 7.97. The highest BCUT2D eigenvalue weighted by molar-refractivity contribution is 7.92. The summed E-state index contributed by atoms with van der Waals surface area (Å²) in [5, 5.41) is 2.77. The van der Waals surface area contributed by atoms with Crippen molar-refractivity contribution < 1.29 is 13.2 Å². The van der Waals surface area contributed by atoms with Crippen molar-refractivity contribution in [2.24, 2.45) is 0 Å². The Balaban J connectivity index is 1.83. The molecule has 1 N–H and O–H groups in total. The molecule has 2 heterocycles.